The molecular formula is C15H27NO3. The van der Waals surface area contributed by atoms with Gasteiger partial charge in [0.25, 0.3) is 0 Å². The standard InChI is InChI=1S/C15H27NO3/c1-4-14(2,3)16-12(17)10-15(11-13(18)19)8-6-5-7-9-15/h4-11H2,1-3H3,(H,16,17)(H,18,19). The van der Waals surface area contributed by atoms with Crippen LogP contribution in [0.3, 0.4) is 0 Å². The van der Waals surface area contributed by atoms with Crippen molar-refractivity contribution in [2.45, 2.75) is 77.7 Å². The quantitative estimate of drug-likeness (QED) is 0.778. The molecule has 19 heavy (non-hydrogen) atoms. The molecule has 0 heterocycles. The second-order valence-corrected chi connectivity index (χ2v) is 6.59. The maximum absolute atomic E-state index is 12.2. The van der Waals surface area contributed by atoms with Gasteiger partial charge in [0.05, 0.1) is 6.42 Å². The lowest BCUT2D eigenvalue weighted by molar-refractivity contribution is -0.141. The van der Waals surface area contributed by atoms with Crippen LogP contribution < -0.4 is 5.32 Å². The maximum atomic E-state index is 12.2. The Morgan fingerprint density at radius 3 is 2.21 bits per heavy atom. The zero-order valence-electron chi connectivity index (χ0n) is 12.4. The number of carbonyl (C=O) groups excluding carboxylic acids is 1. The summed E-state index contributed by atoms with van der Waals surface area (Å²) < 4.78 is 0. The highest BCUT2D eigenvalue weighted by atomic mass is 16.4. The highest BCUT2D eigenvalue weighted by Gasteiger charge is 2.37. The molecule has 1 fully saturated rings. The summed E-state index contributed by atoms with van der Waals surface area (Å²) >= 11 is 0. The van der Waals surface area contributed by atoms with Gasteiger partial charge in [-0.05, 0) is 38.5 Å². The van der Waals surface area contributed by atoms with Gasteiger partial charge in [-0.1, -0.05) is 26.2 Å². The molecule has 2 N–H and O–H groups in total. The van der Waals surface area contributed by atoms with Crippen molar-refractivity contribution in [3.63, 3.8) is 0 Å². The van der Waals surface area contributed by atoms with E-state index in [1.807, 2.05) is 20.8 Å². The van der Waals surface area contributed by atoms with Gasteiger partial charge in [0.2, 0.25) is 5.91 Å². The normalized spacial score (nSPS) is 18.9. The summed E-state index contributed by atoms with van der Waals surface area (Å²) in [6.07, 6.45) is 6.29. The van der Waals surface area contributed by atoms with Crippen LogP contribution in [-0.2, 0) is 9.59 Å². The van der Waals surface area contributed by atoms with E-state index in [0.29, 0.717) is 6.42 Å². The SMILES string of the molecule is CCC(C)(C)NC(=O)CC1(CC(=O)O)CCCCC1. The van der Waals surface area contributed by atoms with Crippen molar-refractivity contribution >= 4 is 11.9 Å². The van der Waals surface area contributed by atoms with Crippen LogP contribution in [-0.4, -0.2) is 22.5 Å². The van der Waals surface area contributed by atoms with Crippen LogP contribution in [0.5, 0.6) is 0 Å². The largest absolute Gasteiger partial charge is 0.481 e. The second-order valence-electron chi connectivity index (χ2n) is 6.59. The summed E-state index contributed by atoms with van der Waals surface area (Å²) in [4.78, 5) is 23.2. The third kappa shape index (κ3) is 5.21. The molecule has 0 bridgehead atoms. The molecule has 0 aromatic rings. The van der Waals surface area contributed by atoms with Crippen molar-refractivity contribution in [1.82, 2.24) is 5.32 Å². The number of hydrogen-bond acceptors (Lipinski definition) is 2. The van der Waals surface area contributed by atoms with Gasteiger partial charge in [0.1, 0.15) is 0 Å². The average molecular weight is 269 g/mol. The molecule has 1 amide bonds. The lowest BCUT2D eigenvalue weighted by Gasteiger charge is -2.36. The molecular weight excluding hydrogens is 242 g/mol. The van der Waals surface area contributed by atoms with Crippen LogP contribution in [0.1, 0.15) is 72.1 Å². The second kappa shape index (κ2) is 6.40. The van der Waals surface area contributed by atoms with Gasteiger partial charge >= 0.3 is 5.97 Å². The molecule has 1 aliphatic rings. The van der Waals surface area contributed by atoms with Crippen LogP contribution in [0.25, 0.3) is 0 Å². The molecule has 0 aliphatic heterocycles. The summed E-state index contributed by atoms with van der Waals surface area (Å²) in [6, 6.07) is 0. The van der Waals surface area contributed by atoms with Gasteiger partial charge in [-0.25, -0.2) is 0 Å². The fourth-order valence-electron chi connectivity index (χ4n) is 2.89. The Balaban J connectivity index is 2.67. The Labute approximate surface area is 116 Å². The van der Waals surface area contributed by atoms with E-state index in [0.717, 1.165) is 38.5 Å². The Kier molecular flexibility index (Phi) is 5.39. The summed E-state index contributed by atoms with van der Waals surface area (Å²) in [7, 11) is 0. The van der Waals surface area contributed by atoms with Crippen molar-refractivity contribution in [3.8, 4) is 0 Å². The van der Waals surface area contributed by atoms with Crippen LogP contribution in [0.2, 0.25) is 0 Å². The van der Waals surface area contributed by atoms with E-state index in [-0.39, 0.29) is 23.3 Å². The van der Waals surface area contributed by atoms with Gasteiger partial charge in [0.15, 0.2) is 0 Å². The van der Waals surface area contributed by atoms with Crippen LogP contribution in [0.15, 0.2) is 0 Å². The third-order valence-electron chi connectivity index (χ3n) is 4.34. The molecule has 110 valence electrons. The monoisotopic (exact) mass is 269 g/mol. The van der Waals surface area contributed by atoms with Crippen LogP contribution >= 0.6 is 0 Å². The van der Waals surface area contributed by atoms with E-state index in [2.05, 4.69) is 5.32 Å². The number of carboxylic acids is 1. The third-order valence-corrected chi connectivity index (χ3v) is 4.34. The van der Waals surface area contributed by atoms with Crippen LogP contribution in [0, 0.1) is 5.41 Å². The van der Waals surface area contributed by atoms with E-state index in [1.165, 1.54) is 0 Å². The zero-order valence-corrected chi connectivity index (χ0v) is 12.4. The Hall–Kier alpha value is -1.06. The Bertz CT molecular complexity index is 330. The molecule has 0 aromatic heterocycles. The molecule has 0 radical (unpaired) electrons. The Morgan fingerprint density at radius 1 is 1.16 bits per heavy atom. The fourth-order valence-corrected chi connectivity index (χ4v) is 2.89. The van der Waals surface area contributed by atoms with Crippen molar-refractivity contribution in [3.05, 3.63) is 0 Å². The molecule has 1 aliphatic carbocycles. The highest BCUT2D eigenvalue weighted by molar-refractivity contribution is 5.78. The zero-order chi connectivity index (χ0) is 14.5. The minimum absolute atomic E-state index is 0.00463. The summed E-state index contributed by atoms with van der Waals surface area (Å²) in [6.45, 7) is 6.03. The van der Waals surface area contributed by atoms with Gasteiger partial charge in [0, 0.05) is 12.0 Å². The van der Waals surface area contributed by atoms with E-state index in [9.17, 15) is 9.59 Å². The van der Waals surface area contributed by atoms with Crippen LogP contribution in [0.4, 0.5) is 0 Å². The predicted octanol–water partition coefficient (Wildman–Crippen LogP) is 3.11. The minimum atomic E-state index is -0.788. The molecule has 0 atom stereocenters. The van der Waals surface area contributed by atoms with E-state index >= 15 is 0 Å². The van der Waals surface area contributed by atoms with Crippen molar-refractivity contribution in [2.24, 2.45) is 5.41 Å². The minimum Gasteiger partial charge on any atom is -0.481 e. The number of nitrogens with one attached hydrogen (secondary N) is 1. The molecule has 4 nitrogen and oxygen atoms in total. The summed E-state index contributed by atoms with van der Waals surface area (Å²) in [5.41, 5.74) is -0.534. The smallest absolute Gasteiger partial charge is 0.303 e. The first-order chi connectivity index (χ1) is 8.79. The lowest BCUT2D eigenvalue weighted by atomic mass is 9.69. The van der Waals surface area contributed by atoms with E-state index in [1.54, 1.807) is 0 Å². The van der Waals surface area contributed by atoms with Gasteiger partial charge < -0.3 is 10.4 Å². The molecule has 0 spiro atoms. The van der Waals surface area contributed by atoms with Crippen molar-refractivity contribution < 1.29 is 14.7 Å². The molecule has 1 rings (SSSR count). The maximum Gasteiger partial charge on any atom is 0.303 e. The number of aliphatic carboxylic acids is 1. The molecule has 0 aromatic carbocycles. The average Bonchev–Trinajstić information content (AvgIpc) is 2.27. The number of carbonyl (C=O) groups is 2. The Morgan fingerprint density at radius 2 is 1.74 bits per heavy atom. The van der Waals surface area contributed by atoms with E-state index < -0.39 is 5.97 Å². The first-order valence-electron chi connectivity index (χ1n) is 7.31. The number of amides is 1. The van der Waals surface area contributed by atoms with Crippen molar-refractivity contribution in [2.75, 3.05) is 0 Å². The molecule has 4 heteroatoms. The molecule has 0 unspecified atom stereocenters. The number of rotatable bonds is 6. The topological polar surface area (TPSA) is 66.4 Å². The highest BCUT2D eigenvalue weighted by Crippen LogP contribution is 2.42. The van der Waals surface area contributed by atoms with Crippen molar-refractivity contribution in [1.29, 1.82) is 0 Å². The molecule has 0 saturated heterocycles. The summed E-state index contributed by atoms with van der Waals surface area (Å²) in [5.74, 6) is -0.792. The van der Waals surface area contributed by atoms with E-state index in [4.69, 9.17) is 5.11 Å². The van der Waals surface area contributed by atoms with Gasteiger partial charge in [-0.2, -0.15) is 0 Å². The fraction of sp³-hybridized carbons (Fsp3) is 0.867. The molecule has 1 saturated carbocycles. The van der Waals surface area contributed by atoms with Gasteiger partial charge in [-0.15, -0.1) is 0 Å². The van der Waals surface area contributed by atoms with Gasteiger partial charge in [-0.3, -0.25) is 9.59 Å². The number of hydrogen-bond donors (Lipinski definition) is 2. The summed E-state index contributed by atoms with van der Waals surface area (Å²) in [5, 5.41) is 12.1. The lowest BCUT2D eigenvalue weighted by Crippen LogP contribution is -2.45. The predicted molar refractivity (Wildman–Crippen MR) is 74.9 cm³/mol. The first kappa shape index (κ1) is 16.0. The first-order valence-corrected chi connectivity index (χ1v) is 7.31. The number of carboxylic acid groups (broad SMARTS) is 1.